The Bertz CT molecular complexity index is 499. The van der Waals surface area contributed by atoms with E-state index in [1.165, 1.54) is 4.90 Å². The van der Waals surface area contributed by atoms with E-state index in [1.54, 1.807) is 18.2 Å². The van der Waals surface area contributed by atoms with Gasteiger partial charge in [0.05, 0.1) is 5.69 Å². The first kappa shape index (κ1) is 11.6. The molecule has 0 atom stereocenters. The maximum Gasteiger partial charge on any atom is 0.265 e. The predicted molar refractivity (Wildman–Crippen MR) is 63.3 cm³/mol. The number of amides is 1. The van der Waals surface area contributed by atoms with Crippen molar-refractivity contribution in [1.82, 2.24) is 0 Å². The zero-order valence-corrected chi connectivity index (χ0v) is 9.59. The van der Waals surface area contributed by atoms with Crippen LogP contribution in [0.25, 0.3) is 10.4 Å². The van der Waals surface area contributed by atoms with Crippen LogP contribution in [-0.2, 0) is 4.79 Å². The molecule has 0 saturated heterocycles. The first-order chi connectivity index (χ1) is 8.22. The monoisotopic (exact) mass is 252 g/mol. The zero-order chi connectivity index (χ0) is 12.3. The summed E-state index contributed by atoms with van der Waals surface area (Å²) in [5.74, 6) is 0.433. The van der Waals surface area contributed by atoms with Crippen LogP contribution in [-0.4, -0.2) is 25.6 Å². The first-order valence-electron chi connectivity index (χ1n) is 4.96. The van der Waals surface area contributed by atoms with Gasteiger partial charge in [-0.25, -0.2) is 0 Å². The molecule has 1 amide bonds. The Morgan fingerprint density at radius 1 is 1.59 bits per heavy atom. The maximum absolute atomic E-state index is 11.7. The number of rotatable bonds is 3. The van der Waals surface area contributed by atoms with E-state index in [0.29, 0.717) is 23.0 Å². The molecule has 7 heteroatoms. The van der Waals surface area contributed by atoms with E-state index in [0.717, 1.165) is 0 Å². The molecule has 1 aliphatic heterocycles. The van der Waals surface area contributed by atoms with Gasteiger partial charge in [-0.2, -0.15) is 0 Å². The van der Waals surface area contributed by atoms with Gasteiger partial charge in [-0.1, -0.05) is 16.7 Å². The minimum Gasteiger partial charge on any atom is -0.482 e. The van der Waals surface area contributed by atoms with Crippen LogP contribution >= 0.6 is 11.6 Å². The average Bonchev–Trinajstić information content (AvgIpc) is 2.32. The van der Waals surface area contributed by atoms with Crippen LogP contribution in [0.4, 0.5) is 5.69 Å². The average molecular weight is 253 g/mol. The van der Waals surface area contributed by atoms with Gasteiger partial charge in [0, 0.05) is 23.0 Å². The number of carbonyl (C=O) groups is 1. The Morgan fingerprint density at radius 3 is 3.18 bits per heavy atom. The lowest BCUT2D eigenvalue weighted by molar-refractivity contribution is -0.121. The van der Waals surface area contributed by atoms with Crippen LogP contribution < -0.4 is 9.64 Å². The normalized spacial score (nSPS) is 13.7. The smallest absolute Gasteiger partial charge is 0.265 e. The minimum atomic E-state index is -0.173. The number of hydrogen-bond donors (Lipinski definition) is 0. The van der Waals surface area contributed by atoms with Crippen LogP contribution in [0.2, 0.25) is 5.02 Å². The standard InChI is InChI=1S/C10H9ClN4O2/c11-7-1-2-9-8(5-7)15(4-3-13-14-12)10(16)6-17-9/h1-2,5H,3-4,6H2. The van der Waals surface area contributed by atoms with Crippen molar-refractivity contribution in [2.45, 2.75) is 0 Å². The van der Waals surface area contributed by atoms with Crippen molar-refractivity contribution in [1.29, 1.82) is 0 Å². The van der Waals surface area contributed by atoms with Crippen LogP contribution in [0.1, 0.15) is 0 Å². The fourth-order valence-electron chi connectivity index (χ4n) is 1.61. The van der Waals surface area contributed by atoms with Crippen molar-refractivity contribution in [2.75, 3.05) is 24.6 Å². The summed E-state index contributed by atoms with van der Waals surface area (Å²) in [5.41, 5.74) is 8.82. The molecule has 6 nitrogen and oxygen atoms in total. The minimum absolute atomic E-state index is 0.00903. The summed E-state index contributed by atoms with van der Waals surface area (Å²) < 4.78 is 5.27. The molecular formula is C10H9ClN4O2. The number of anilines is 1. The summed E-state index contributed by atoms with van der Waals surface area (Å²) in [4.78, 5) is 15.8. The molecule has 0 spiro atoms. The molecule has 0 unspecified atom stereocenters. The highest BCUT2D eigenvalue weighted by atomic mass is 35.5. The Labute approximate surface area is 102 Å². The molecule has 1 aromatic carbocycles. The van der Waals surface area contributed by atoms with Crippen molar-refractivity contribution >= 4 is 23.2 Å². The lowest BCUT2D eigenvalue weighted by Crippen LogP contribution is -2.40. The number of hydrogen-bond acceptors (Lipinski definition) is 3. The second kappa shape index (κ2) is 4.95. The summed E-state index contributed by atoms with van der Waals surface area (Å²) in [6, 6.07) is 5.07. The lowest BCUT2D eigenvalue weighted by Gasteiger charge is -2.29. The Hall–Kier alpha value is -1.91. The second-order valence-corrected chi connectivity index (χ2v) is 3.84. The highest BCUT2D eigenvalue weighted by Crippen LogP contribution is 2.34. The Balaban J connectivity index is 2.28. The van der Waals surface area contributed by atoms with E-state index >= 15 is 0 Å². The van der Waals surface area contributed by atoms with Gasteiger partial charge < -0.3 is 9.64 Å². The molecule has 17 heavy (non-hydrogen) atoms. The Kier molecular flexibility index (Phi) is 3.37. The molecule has 0 N–H and O–H groups in total. The van der Waals surface area contributed by atoms with Gasteiger partial charge in [-0.15, -0.1) is 0 Å². The summed E-state index contributed by atoms with van der Waals surface area (Å²) in [7, 11) is 0. The SMILES string of the molecule is [N-]=[N+]=NCCN1C(=O)COc2ccc(Cl)cc21. The molecular weight excluding hydrogens is 244 g/mol. The van der Waals surface area contributed by atoms with E-state index in [9.17, 15) is 4.79 Å². The number of benzene rings is 1. The first-order valence-corrected chi connectivity index (χ1v) is 5.34. The van der Waals surface area contributed by atoms with Crippen LogP contribution in [0, 0.1) is 0 Å². The number of carbonyl (C=O) groups excluding carboxylic acids is 1. The van der Waals surface area contributed by atoms with Gasteiger partial charge >= 0.3 is 0 Å². The van der Waals surface area contributed by atoms with Crippen molar-refractivity contribution in [2.24, 2.45) is 5.11 Å². The topological polar surface area (TPSA) is 78.3 Å². The van der Waals surface area contributed by atoms with E-state index < -0.39 is 0 Å². The third-order valence-corrected chi connectivity index (χ3v) is 2.59. The van der Waals surface area contributed by atoms with Gasteiger partial charge in [-0.3, -0.25) is 4.79 Å². The summed E-state index contributed by atoms with van der Waals surface area (Å²) in [5, 5.41) is 3.93. The van der Waals surface area contributed by atoms with Crippen LogP contribution in [0.5, 0.6) is 5.75 Å². The molecule has 88 valence electrons. The van der Waals surface area contributed by atoms with E-state index in [2.05, 4.69) is 10.0 Å². The summed E-state index contributed by atoms with van der Waals surface area (Å²) in [6.07, 6.45) is 0. The molecule has 1 heterocycles. The predicted octanol–water partition coefficient (Wildman–Crippen LogP) is 2.38. The number of azide groups is 1. The molecule has 0 fully saturated rings. The van der Waals surface area contributed by atoms with E-state index in [1.807, 2.05) is 0 Å². The molecule has 1 aromatic rings. The highest BCUT2D eigenvalue weighted by Gasteiger charge is 2.24. The Morgan fingerprint density at radius 2 is 2.41 bits per heavy atom. The van der Waals surface area contributed by atoms with E-state index in [4.69, 9.17) is 21.9 Å². The summed E-state index contributed by atoms with van der Waals surface area (Å²) in [6.45, 7) is 0.526. The van der Waals surface area contributed by atoms with Crippen molar-refractivity contribution in [3.63, 3.8) is 0 Å². The molecule has 2 rings (SSSR count). The molecule has 0 saturated carbocycles. The zero-order valence-electron chi connectivity index (χ0n) is 8.84. The third kappa shape index (κ3) is 2.43. The molecule has 0 bridgehead atoms. The van der Waals surface area contributed by atoms with Crippen LogP contribution in [0.15, 0.2) is 23.3 Å². The van der Waals surface area contributed by atoms with Gasteiger partial charge in [0.1, 0.15) is 5.75 Å². The second-order valence-electron chi connectivity index (χ2n) is 3.40. The molecule has 1 aliphatic rings. The molecule has 0 radical (unpaired) electrons. The fraction of sp³-hybridized carbons (Fsp3) is 0.300. The third-order valence-electron chi connectivity index (χ3n) is 2.35. The largest absolute Gasteiger partial charge is 0.482 e. The van der Waals surface area contributed by atoms with Crippen molar-refractivity contribution < 1.29 is 9.53 Å². The van der Waals surface area contributed by atoms with Crippen molar-refractivity contribution in [3.05, 3.63) is 33.7 Å². The van der Waals surface area contributed by atoms with E-state index in [-0.39, 0.29) is 19.1 Å². The molecule has 0 aliphatic carbocycles. The van der Waals surface area contributed by atoms with Crippen molar-refractivity contribution in [3.8, 4) is 5.75 Å². The molecule has 0 aromatic heterocycles. The van der Waals surface area contributed by atoms with Gasteiger partial charge in [-0.05, 0) is 23.7 Å². The highest BCUT2D eigenvalue weighted by molar-refractivity contribution is 6.31. The lowest BCUT2D eigenvalue weighted by atomic mass is 10.2. The van der Waals surface area contributed by atoms with Crippen LogP contribution in [0.3, 0.4) is 0 Å². The number of fused-ring (bicyclic) bond motifs is 1. The number of ether oxygens (including phenoxy) is 1. The number of nitrogens with zero attached hydrogens (tertiary/aromatic N) is 4. The van der Waals surface area contributed by atoms with Gasteiger partial charge in [0.25, 0.3) is 5.91 Å². The summed E-state index contributed by atoms with van der Waals surface area (Å²) >= 11 is 5.88. The maximum atomic E-state index is 11.7. The quantitative estimate of drug-likeness (QED) is 0.470. The fourth-order valence-corrected chi connectivity index (χ4v) is 1.78. The number of halogens is 1. The van der Waals surface area contributed by atoms with Gasteiger partial charge in [0.15, 0.2) is 6.61 Å². The van der Waals surface area contributed by atoms with Gasteiger partial charge in [0.2, 0.25) is 0 Å².